The van der Waals surface area contributed by atoms with Crippen LogP contribution < -0.4 is 0 Å². The van der Waals surface area contributed by atoms with E-state index in [9.17, 15) is 19.7 Å². The molecule has 2 rings (SSSR count). The van der Waals surface area contributed by atoms with E-state index in [1.54, 1.807) is 36.4 Å². The average Bonchev–Trinajstić information content (AvgIpc) is 2.45. The molecule has 0 fully saturated rings. The van der Waals surface area contributed by atoms with Crippen LogP contribution in [0.5, 0.6) is 0 Å². The van der Waals surface area contributed by atoms with Crippen molar-refractivity contribution in [1.29, 1.82) is 0 Å². The third-order valence-electron chi connectivity index (χ3n) is 3.66. The maximum Gasteiger partial charge on any atom is 0.314 e. The number of carbonyl (C=O) groups excluding carboxylic acids is 1. The van der Waals surface area contributed by atoms with Gasteiger partial charge in [-0.1, -0.05) is 30.3 Å². The van der Waals surface area contributed by atoms with Gasteiger partial charge in [-0.2, -0.15) is 0 Å². The van der Waals surface area contributed by atoms with Crippen molar-refractivity contribution in [2.75, 3.05) is 0 Å². The SMILES string of the molecule is CC(=O)C(CCc1ccc2ccccc2c1[N+](=O)[O-])C(=O)O. The quantitative estimate of drug-likeness (QED) is 0.502. The summed E-state index contributed by atoms with van der Waals surface area (Å²) in [4.78, 5) is 33.3. The summed E-state index contributed by atoms with van der Waals surface area (Å²) in [6.45, 7) is 1.22. The summed E-state index contributed by atoms with van der Waals surface area (Å²) < 4.78 is 0. The number of carboxylic acid groups (broad SMARTS) is 1. The van der Waals surface area contributed by atoms with Gasteiger partial charge < -0.3 is 5.11 Å². The molecule has 114 valence electrons. The summed E-state index contributed by atoms with van der Waals surface area (Å²) in [6, 6.07) is 10.3. The lowest BCUT2D eigenvalue weighted by Gasteiger charge is -2.10. The number of ketones is 1. The Balaban J connectivity index is 2.39. The van der Waals surface area contributed by atoms with Crippen molar-refractivity contribution >= 4 is 28.2 Å². The fourth-order valence-corrected chi connectivity index (χ4v) is 2.52. The van der Waals surface area contributed by atoms with E-state index in [0.29, 0.717) is 10.9 Å². The predicted octanol–water partition coefficient (Wildman–Crippen LogP) is 2.97. The van der Waals surface area contributed by atoms with E-state index >= 15 is 0 Å². The molecule has 0 saturated heterocycles. The molecule has 6 nitrogen and oxygen atoms in total. The van der Waals surface area contributed by atoms with Gasteiger partial charge in [0.2, 0.25) is 0 Å². The molecule has 1 atom stereocenters. The van der Waals surface area contributed by atoms with Gasteiger partial charge in [0, 0.05) is 5.56 Å². The topological polar surface area (TPSA) is 97.5 Å². The largest absolute Gasteiger partial charge is 0.481 e. The van der Waals surface area contributed by atoms with E-state index < -0.39 is 22.6 Å². The third-order valence-corrected chi connectivity index (χ3v) is 3.66. The molecule has 0 heterocycles. The molecule has 1 unspecified atom stereocenters. The van der Waals surface area contributed by atoms with Crippen molar-refractivity contribution in [2.24, 2.45) is 5.92 Å². The summed E-state index contributed by atoms with van der Waals surface area (Å²) in [5.41, 5.74) is 0.419. The molecule has 0 aliphatic carbocycles. The number of aliphatic carboxylic acids is 1. The number of nitrogens with zero attached hydrogens (tertiary/aromatic N) is 1. The molecule has 22 heavy (non-hydrogen) atoms. The molecule has 0 saturated carbocycles. The summed E-state index contributed by atoms with van der Waals surface area (Å²) in [7, 11) is 0. The molecule has 0 radical (unpaired) electrons. The normalized spacial score (nSPS) is 12.0. The Hall–Kier alpha value is -2.76. The number of nitro benzene ring substituents is 1. The summed E-state index contributed by atoms with van der Waals surface area (Å²) in [5, 5.41) is 21.7. The van der Waals surface area contributed by atoms with Crippen LogP contribution in [-0.4, -0.2) is 21.8 Å². The van der Waals surface area contributed by atoms with Crippen LogP contribution in [0.3, 0.4) is 0 Å². The van der Waals surface area contributed by atoms with Crippen molar-refractivity contribution in [3.05, 3.63) is 52.1 Å². The Morgan fingerprint density at radius 1 is 1.23 bits per heavy atom. The van der Waals surface area contributed by atoms with Crippen molar-refractivity contribution < 1.29 is 19.6 Å². The van der Waals surface area contributed by atoms with Gasteiger partial charge in [0.1, 0.15) is 11.7 Å². The van der Waals surface area contributed by atoms with Gasteiger partial charge >= 0.3 is 5.97 Å². The number of hydrogen-bond acceptors (Lipinski definition) is 4. The van der Waals surface area contributed by atoms with Crippen molar-refractivity contribution in [3.63, 3.8) is 0 Å². The van der Waals surface area contributed by atoms with Gasteiger partial charge in [-0.25, -0.2) is 0 Å². The molecule has 2 aromatic rings. The van der Waals surface area contributed by atoms with Crippen LogP contribution in [0.4, 0.5) is 5.69 Å². The smallest absolute Gasteiger partial charge is 0.314 e. The number of aryl methyl sites for hydroxylation is 1. The van der Waals surface area contributed by atoms with Crippen LogP contribution in [0.15, 0.2) is 36.4 Å². The van der Waals surface area contributed by atoms with E-state index in [4.69, 9.17) is 5.11 Å². The monoisotopic (exact) mass is 301 g/mol. The van der Waals surface area contributed by atoms with Gasteiger partial charge in [0.25, 0.3) is 5.69 Å². The minimum Gasteiger partial charge on any atom is -0.481 e. The molecule has 0 bridgehead atoms. The second-order valence-electron chi connectivity index (χ2n) is 5.09. The number of Topliss-reactive ketones (excluding diaryl/α,β-unsaturated/α-hetero) is 1. The standard InChI is InChI=1S/C16H15NO5/c1-10(18)13(16(19)20)9-8-12-7-6-11-4-2-3-5-14(11)15(12)17(21)22/h2-7,13H,8-9H2,1H3,(H,19,20). The lowest BCUT2D eigenvalue weighted by atomic mass is 9.94. The van der Waals surface area contributed by atoms with E-state index in [1.165, 1.54) is 6.92 Å². The highest BCUT2D eigenvalue weighted by molar-refractivity contribution is 5.97. The number of fused-ring (bicyclic) bond motifs is 1. The summed E-state index contributed by atoms with van der Waals surface area (Å²) in [6.07, 6.45) is 0.210. The molecule has 6 heteroatoms. The van der Waals surface area contributed by atoms with Crippen LogP contribution in [0, 0.1) is 16.0 Å². The minimum absolute atomic E-state index is 0.0224. The average molecular weight is 301 g/mol. The Labute approximate surface area is 126 Å². The van der Waals surface area contributed by atoms with Gasteiger partial charge in [-0.05, 0) is 31.2 Å². The molecule has 0 spiro atoms. The highest BCUT2D eigenvalue weighted by atomic mass is 16.6. The number of benzene rings is 2. The van der Waals surface area contributed by atoms with Gasteiger partial charge in [0.05, 0.1) is 10.3 Å². The Morgan fingerprint density at radius 3 is 2.50 bits per heavy atom. The fraction of sp³-hybridized carbons (Fsp3) is 0.250. The highest BCUT2D eigenvalue weighted by Gasteiger charge is 2.25. The first kappa shape index (κ1) is 15.6. The molecule has 2 aromatic carbocycles. The third kappa shape index (κ3) is 3.11. The highest BCUT2D eigenvalue weighted by Crippen LogP contribution is 2.31. The lowest BCUT2D eigenvalue weighted by molar-refractivity contribution is -0.383. The van der Waals surface area contributed by atoms with E-state index in [2.05, 4.69) is 0 Å². The minimum atomic E-state index is -1.20. The van der Waals surface area contributed by atoms with E-state index in [1.807, 2.05) is 0 Å². The second-order valence-corrected chi connectivity index (χ2v) is 5.09. The van der Waals surface area contributed by atoms with Gasteiger partial charge in [0.15, 0.2) is 0 Å². The molecule has 0 aliphatic rings. The first-order valence-corrected chi connectivity index (χ1v) is 6.80. The molecule has 1 N–H and O–H groups in total. The van der Waals surface area contributed by atoms with Crippen LogP contribution in [0.25, 0.3) is 10.8 Å². The summed E-state index contributed by atoms with van der Waals surface area (Å²) >= 11 is 0. The van der Waals surface area contributed by atoms with Gasteiger partial charge in [-0.3, -0.25) is 19.7 Å². The number of nitro groups is 1. The fourth-order valence-electron chi connectivity index (χ4n) is 2.52. The number of carbonyl (C=O) groups is 2. The number of rotatable bonds is 6. The zero-order valence-electron chi connectivity index (χ0n) is 12.0. The molecule has 0 amide bonds. The number of hydrogen-bond donors (Lipinski definition) is 1. The van der Waals surface area contributed by atoms with E-state index in [0.717, 1.165) is 5.39 Å². The molecular weight excluding hydrogens is 286 g/mol. The van der Waals surface area contributed by atoms with Crippen molar-refractivity contribution in [1.82, 2.24) is 0 Å². The molecule has 0 aliphatic heterocycles. The zero-order valence-corrected chi connectivity index (χ0v) is 12.0. The predicted molar refractivity (Wildman–Crippen MR) is 80.7 cm³/mol. The lowest BCUT2D eigenvalue weighted by Crippen LogP contribution is -2.22. The Morgan fingerprint density at radius 2 is 1.91 bits per heavy atom. The molecule has 0 aromatic heterocycles. The maximum atomic E-state index is 11.4. The van der Waals surface area contributed by atoms with Crippen molar-refractivity contribution in [3.8, 4) is 0 Å². The second kappa shape index (κ2) is 6.34. The van der Waals surface area contributed by atoms with Crippen LogP contribution in [0.1, 0.15) is 18.9 Å². The van der Waals surface area contributed by atoms with Crippen LogP contribution in [0.2, 0.25) is 0 Å². The number of carboxylic acids is 1. The van der Waals surface area contributed by atoms with Crippen LogP contribution >= 0.6 is 0 Å². The van der Waals surface area contributed by atoms with Crippen molar-refractivity contribution in [2.45, 2.75) is 19.8 Å². The maximum absolute atomic E-state index is 11.4. The van der Waals surface area contributed by atoms with E-state index in [-0.39, 0.29) is 18.5 Å². The summed E-state index contributed by atoms with van der Waals surface area (Å²) in [5.74, 6) is -2.78. The molecular formula is C16H15NO5. The Bertz CT molecular complexity index is 739. The first-order valence-electron chi connectivity index (χ1n) is 6.80. The van der Waals surface area contributed by atoms with Gasteiger partial charge in [-0.15, -0.1) is 0 Å². The first-order chi connectivity index (χ1) is 10.4. The Kier molecular flexibility index (Phi) is 4.50. The van der Waals surface area contributed by atoms with Crippen LogP contribution in [-0.2, 0) is 16.0 Å². The zero-order chi connectivity index (χ0) is 16.3.